The molecule has 2 aliphatic heterocycles. The summed E-state index contributed by atoms with van der Waals surface area (Å²) < 4.78 is 31.5. The maximum Gasteiger partial charge on any atom is 0.223 e. The zero-order valence-electron chi connectivity index (χ0n) is 14.4. The number of morpholine rings is 1. The molecule has 0 aliphatic carbocycles. The lowest BCUT2D eigenvalue weighted by molar-refractivity contribution is -0.144. The molecule has 6 nitrogen and oxygen atoms in total. The highest BCUT2D eigenvalue weighted by Gasteiger charge is 2.29. The predicted molar refractivity (Wildman–Crippen MR) is 89.7 cm³/mol. The Hall–Kier alpha value is -0.660. The third-order valence-corrected chi connectivity index (χ3v) is 6.66. The molecule has 0 saturated carbocycles. The van der Waals surface area contributed by atoms with Gasteiger partial charge in [-0.05, 0) is 39.5 Å². The molecule has 0 spiro atoms. The van der Waals surface area contributed by atoms with Crippen molar-refractivity contribution in [1.82, 2.24) is 9.21 Å². The van der Waals surface area contributed by atoms with Crippen LogP contribution >= 0.6 is 0 Å². The number of rotatable bonds is 6. The van der Waals surface area contributed by atoms with Crippen molar-refractivity contribution in [3.63, 3.8) is 0 Å². The number of hydrogen-bond acceptors (Lipinski definition) is 4. The van der Waals surface area contributed by atoms with Crippen molar-refractivity contribution in [1.29, 1.82) is 0 Å². The normalized spacial score (nSPS) is 27.1. The Balaban J connectivity index is 1.73. The number of ether oxygens (including phenoxy) is 1. The van der Waals surface area contributed by atoms with Crippen molar-refractivity contribution in [3.8, 4) is 0 Å². The van der Waals surface area contributed by atoms with E-state index >= 15 is 0 Å². The van der Waals surface area contributed by atoms with Crippen LogP contribution in [-0.2, 0) is 19.6 Å². The number of sulfonamides is 1. The highest BCUT2D eigenvalue weighted by Crippen LogP contribution is 2.17. The Morgan fingerprint density at radius 1 is 1.04 bits per heavy atom. The summed E-state index contributed by atoms with van der Waals surface area (Å²) in [5.41, 5.74) is 0. The van der Waals surface area contributed by atoms with Crippen LogP contribution in [0.5, 0.6) is 0 Å². The second-order valence-corrected chi connectivity index (χ2v) is 8.86. The number of hydrogen-bond donors (Lipinski definition) is 0. The number of piperidine rings is 1. The summed E-state index contributed by atoms with van der Waals surface area (Å²) in [5, 5.41) is 0. The molecule has 2 unspecified atom stereocenters. The number of carbonyl (C=O) groups is 1. The summed E-state index contributed by atoms with van der Waals surface area (Å²) in [7, 11) is -3.14. The third kappa shape index (κ3) is 5.16. The molecule has 0 N–H and O–H groups in total. The molecule has 2 heterocycles. The van der Waals surface area contributed by atoms with E-state index in [1.807, 2.05) is 18.7 Å². The minimum atomic E-state index is -3.14. The van der Waals surface area contributed by atoms with E-state index < -0.39 is 10.0 Å². The molecule has 0 aromatic carbocycles. The number of carbonyl (C=O) groups excluding carboxylic acids is 1. The van der Waals surface area contributed by atoms with Crippen molar-refractivity contribution in [2.45, 2.75) is 64.5 Å². The van der Waals surface area contributed by atoms with Crippen LogP contribution in [0.15, 0.2) is 0 Å². The Bertz CT molecular complexity index is 478. The van der Waals surface area contributed by atoms with Crippen LogP contribution in [-0.4, -0.2) is 67.7 Å². The predicted octanol–water partition coefficient (Wildman–Crippen LogP) is 1.61. The molecule has 23 heavy (non-hydrogen) atoms. The molecule has 134 valence electrons. The molecular formula is C16H30N2O4S. The van der Waals surface area contributed by atoms with E-state index in [0.29, 0.717) is 45.6 Å². The Kier molecular flexibility index (Phi) is 6.85. The van der Waals surface area contributed by atoms with Gasteiger partial charge in [0, 0.05) is 19.5 Å². The highest BCUT2D eigenvalue weighted by molar-refractivity contribution is 7.89. The highest BCUT2D eigenvalue weighted by atomic mass is 32.2. The summed E-state index contributed by atoms with van der Waals surface area (Å²) in [5.74, 6) is 0.276. The maximum atomic E-state index is 12.4. The van der Waals surface area contributed by atoms with Crippen molar-refractivity contribution in [3.05, 3.63) is 0 Å². The zero-order chi connectivity index (χ0) is 16.9. The van der Waals surface area contributed by atoms with Gasteiger partial charge in [-0.1, -0.05) is 6.42 Å². The maximum absolute atomic E-state index is 12.4. The first-order chi connectivity index (χ1) is 10.9. The van der Waals surface area contributed by atoms with Gasteiger partial charge in [0.15, 0.2) is 0 Å². The van der Waals surface area contributed by atoms with Crippen molar-refractivity contribution in [2.75, 3.05) is 32.1 Å². The lowest BCUT2D eigenvalue weighted by atomic mass is 10.1. The number of nitrogens with zero attached hydrogens (tertiary/aromatic N) is 2. The largest absolute Gasteiger partial charge is 0.377 e. The van der Waals surface area contributed by atoms with Crippen LogP contribution in [0.4, 0.5) is 0 Å². The van der Waals surface area contributed by atoms with Crippen molar-refractivity contribution in [2.24, 2.45) is 0 Å². The van der Waals surface area contributed by atoms with E-state index in [1.165, 1.54) is 0 Å². The van der Waals surface area contributed by atoms with Crippen LogP contribution in [0.25, 0.3) is 0 Å². The van der Waals surface area contributed by atoms with Gasteiger partial charge in [0.2, 0.25) is 15.9 Å². The Morgan fingerprint density at radius 3 is 2.26 bits per heavy atom. The van der Waals surface area contributed by atoms with Crippen LogP contribution < -0.4 is 0 Å². The summed E-state index contributed by atoms with van der Waals surface area (Å²) in [4.78, 5) is 14.2. The molecule has 0 bridgehead atoms. The minimum absolute atomic E-state index is 0.100. The van der Waals surface area contributed by atoms with Gasteiger partial charge >= 0.3 is 0 Å². The summed E-state index contributed by atoms with van der Waals surface area (Å²) >= 11 is 0. The first kappa shape index (κ1) is 18.7. The van der Waals surface area contributed by atoms with Gasteiger partial charge < -0.3 is 9.64 Å². The topological polar surface area (TPSA) is 66.9 Å². The van der Waals surface area contributed by atoms with Gasteiger partial charge in [0.25, 0.3) is 0 Å². The zero-order valence-corrected chi connectivity index (χ0v) is 15.2. The van der Waals surface area contributed by atoms with Gasteiger partial charge in [-0.15, -0.1) is 0 Å². The van der Waals surface area contributed by atoms with Crippen LogP contribution in [0.1, 0.15) is 52.4 Å². The Morgan fingerprint density at radius 2 is 1.65 bits per heavy atom. The molecule has 2 atom stereocenters. The molecular weight excluding hydrogens is 316 g/mol. The molecule has 2 rings (SSSR count). The van der Waals surface area contributed by atoms with Crippen LogP contribution in [0.3, 0.4) is 0 Å². The summed E-state index contributed by atoms with van der Waals surface area (Å²) in [6, 6.07) is 0.201. The fourth-order valence-electron chi connectivity index (χ4n) is 3.46. The fourth-order valence-corrected chi connectivity index (χ4v) is 5.10. The SMILES string of the molecule is CC1COCC(C)N1C(=O)CCCCS(=O)(=O)N1CCCCC1. The molecule has 1 amide bonds. The van der Waals surface area contributed by atoms with Gasteiger partial charge in [-0.3, -0.25) is 4.79 Å². The molecule has 0 aromatic heterocycles. The monoisotopic (exact) mass is 346 g/mol. The molecule has 0 radical (unpaired) electrons. The summed E-state index contributed by atoms with van der Waals surface area (Å²) in [6.07, 6.45) is 4.65. The quantitative estimate of drug-likeness (QED) is 0.685. The molecule has 2 saturated heterocycles. The van der Waals surface area contributed by atoms with Gasteiger partial charge in [-0.25, -0.2) is 12.7 Å². The van der Waals surface area contributed by atoms with Gasteiger partial charge in [0.05, 0.1) is 31.1 Å². The van der Waals surface area contributed by atoms with E-state index in [4.69, 9.17) is 4.74 Å². The standard InChI is InChI=1S/C16H30N2O4S/c1-14-12-22-13-15(2)18(14)16(19)8-4-7-11-23(20,21)17-9-5-3-6-10-17/h14-15H,3-13H2,1-2H3. The van der Waals surface area contributed by atoms with E-state index in [1.54, 1.807) is 4.31 Å². The first-order valence-corrected chi connectivity index (χ1v) is 10.4. The van der Waals surface area contributed by atoms with E-state index in [0.717, 1.165) is 19.3 Å². The Labute approximate surface area is 140 Å². The number of unbranched alkanes of at least 4 members (excludes halogenated alkanes) is 1. The fraction of sp³-hybridized carbons (Fsp3) is 0.938. The van der Waals surface area contributed by atoms with Gasteiger partial charge in [0.1, 0.15) is 0 Å². The second kappa shape index (κ2) is 8.44. The number of amides is 1. The lowest BCUT2D eigenvalue weighted by Gasteiger charge is -2.39. The second-order valence-electron chi connectivity index (χ2n) is 6.77. The average Bonchev–Trinajstić information content (AvgIpc) is 2.52. The molecule has 2 fully saturated rings. The van der Waals surface area contributed by atoms with Crippen LogP contribution in [0.2, 0.25) is 0 Å². The third-order valence-electron chi connectivity index (χ3n) is 4.71. The van der Waals surface area contributed by atoms with E-state index in [2.05, 4.69) is 0 Å². The first-order valence-electron chi connectivity index (χ1n) is 8.78. The molecule has 2 aliphatic rings. The van der Waals surface area contributed by atoms with Crippen molar-refractivity contribution >= 4 is 15.9 Å². The van der Waals surface area contributed by atoms with Crippen molar-refractivity contribution < 1.29 is 17.9 Å². The van der Waals surface area contributed by atoms with E-state index in [9.17, 15) is 13.2 Å². The van der Waals surface area contributed by atoms with E-state index in [-0.39, 0.29) is 23.7 Å². The smallest absolute Gasteiger partial charge is 0.223 e. The average molecular weight is 346 g/mol. The molecule has 0 aromatic rings. The van der Waals surface area contributed by atoms with Crippen LogP contribution in [0, 0.1) is 0 Å². The minimum Gasteiger partial charge on any atom is -0.377 e. The van der Waals surface area contributed by atoms with Gasteiger partial charge in [-0.2, -0.15) is 0 Å². The lowest BCUT2D eigenvalue weighted by Crippen LogP contribution is -2.52. The summed E-state index contributed by atoms with van der Waals surface area (Å²) in [6.45, 7) is 6.47. The molecule has 7 heteroatoms.